The van der Waals surface area contributed by atoms with Crippen molar-refractivity contribution in [3.8, 4) is 0 Å². The number of thioether (sulfide) groups is 1. The normalized spacial score (nSPS) is 33.4. The van der Waals surface area contributed by atoms with Crippen LogP contribution < -0.4 is 5.32 Å². The van der Waals surface area contributed by atoms with Gasteiger partial charge in [0.2, 0.25) is 5.91 Å². The summed E-state index contributed by atoms with van der Waals surface area (Å²) in [5.74, 6) is 0.250. The van der Waals surface area contributed by atoms with Gasteiger partial charge < -0.3 is 4.90 Å². The van der Waals surface area contributed by atoms with Crippen molar-refractivity contribution in [3.63, 3.8) is 0 Å². The number of hydrogen-bond donors (Lipinski definition) is 1. The van der Waals surface area contributed by atoms with Gasteiger partial charge >= 0.3 is 0 Å². The molecule has 1 saturated carbocycles. The molecule has 0 radical (unpaired) electrons. The van der Waals surface area contributed by atoms with Crippen LogP contribution in [0.2, 0.25) is 0 Å². The van der Waals surface area contributed by atoms with Crippen LogP contribution in [0.1, 0.15) is 44.2 Å². The van der Waals surface area contributed by atoms with Crippen molar-refractivity contribution < 1.29 is 4.79 Å². The van der Waals surface area contributed by atoms with Crippen LogP contribution in [0.15, 0.2) is 30.3 Å². The molecule has 21 heavy (non-hydrogen) atoms. The number of nitrogens with zero attached hydrogens (tertiary/aromatic N) is 1. The first-order valence-electron chi connectivity index (χ1n) is 7.88. The molecular weight excluding hydrogens is 280 g/mol. The summed E-state index contributed by atoms with van der Waals surface area (Å²) < 4.78 is 0. The summed E-state index contributed by atoms with van der Waals surface area (Å²) in [4.78, 5) is 15.1. The summed E-state index contributed by atoms with van der Waals surface area (Å²) in [5.41, 5.74) is 1.08. The SMILES string of the molecule is CSC1CCCCC1N1C(=O)C(c2ccccc2)NC1C. The summed E-state index contributed by atoms with van der Waals surface area (Å²) in [6.07, 6.45) is 7.22. The molecule has 1 aliphatic heterocycles. The van der Waals surface area contributed by atoms with E-state index in [4.69, 9.17) is 0 Å². The van der Waals surface area contributed by atoms with Crippen molar-refractivity contribution in [1.82, 2.24) is 10.2 Å². The van der Waals surface area contributed by atoms with E-state index in [2.05, 4.69) is 23.4 Å². The molecule has 114 valence electrons. The highest BCUT2D eigenvalue weighted by Crippen LogP contribution is 2.35. The minimum Gasteiger partial charge on any atom is -0.322 e. The fourth-order valence-corrected chi connectivity index (χ4v) is 4.72. The van der Waals surface area contributed by atoms with Gasteiger partial charge in [-0.05, 0) is 31.6 Å². The number of rotatable bonds is 3. The second-order valence-corrected chi connectivity index (χ2v) is 7.13. The molecule has 0 spiro atoms. The summed E-state index contributed by atoms with van der Waals surface area (Å²) >= 11 is 1.92. The maximum atomic E-state index is 12.9. The van der Waals surface area contributed by atoms with Gasteiger partial charge in [-0.25, -0.2) is 0 Å². The molecule has 2 fully saturated rings. The van der Waals surface area contributed by atoms with Crippen LogP contribution in [0, 0.1) is 0 Å². The van der Waals surface area contributed by atoms with Gasteiger partial charge in [0.05, 0.1) is 6.17 Å². The molecule has 0 bridgehead atoms. The lowest BCUT2D eigenvalue weighted by molar-refractivity contribution is -0.132. The van der Waals surface area contributed by atoms with Gasteiger partial charge in [-0.15, -0.1) is 0 Å². The molecule has 1 N–H and O–H groups in total. The van der Waals surface area contributed by atoms with Crippen LogP contribution in [-0.2, 0) is 4.79 Å². The van der Waals surface area contributed by atoms with Crippen LogP contribution in [0.25, 0.3) is 0 Å². The monoisotopic (exact) mass is 304 g/mol. The first kappa shape index (κ1) is 14.9. The van der Waals surface area contributed by atoms with Crippen LogP contribution in [0.5, 0.6) is 0 Å². The first-order valence-corrected chi connectivity index (χ1v) is 9.17. The Morgan fingerprint density at radius 1 is 1.19 bits per heavy atom. The van der Waals surface area contributed by atoms with Crippen LogP contribution in [-0.4, -0.2) is 34.5 Å². The van der Waals surface area contributed by atoms with Gasteiger partial charge in [0.1, 0.15) is 6.04 Å². The van der Waals surface area contributed by atoms with Gasteiger partial charge in [-0.2, -0.15) is 11.8 Å². The maximum Gasteiger partial charge on any atom is 0.245 e. The quantitative estimate of drug-likeness (QED) is 0.931. The van der Waals surface area contributed by atoms with E-state index in [0.717, 1.165) is 12.0 Å². The molecule has 4 unspecified atom stereocenters. The van der Waals surface area contributed by atoms with E-state index in [1.165, 1.54) is 19.3 Å². The summed E-state index contributed by atoms with van der Waals surface area (Å²) in [5, 5.41) is 4.06. The number of nitrogens with one attached hydrogen (secondary N) is 1. The second kappa shape index (κ2) is 6.41. The van der Waals surface area contributed by atoms with E-state index in [-0.39, 0.29) is 18.1 Å². The highest BCUT2D eigenvalue weighted by atomic mass is 32.2. The summed E-state index contributed by atoms with van der Waals surface area (Å²) in [6, 6.07) is 10.3. The highest BCUT2D eigenvalue weighted by molar-refractivity contribution is 7.99. The van der Waals surface area contributed by atoms with Crippen molar-refractivity contribution in [2.75, 3.05) is 6.26 Å². The Balaban J connectivity index is 1.82. The average Bonchev–Trinajstić information content (AvgIpc) is 2.83. The van der Waals surface area contributed by atoms with Crippen molar-refractivity contribution in [1.29, 1.82) is 0 Å². The average molecular weight is 304 g/mol. The molecule has 0 aromatic heterocycles. The largest absolute Gasteiger partial charge is 0.322 e. The number of carbonyl (C=O) groups excluding carboxylic acids is 1. The lowest BCUT2D eigenvalue weighted by Crippen LogP contribution is -2.49. The van der Waals surface area contributed by atoms with Crippen molar-refractivity contribution in [2.24, 2.45) is 0 Å². The molecule has 1 amide bonds. The third-order valence-electron chi connectivity index (χ3n) is 4.79. The molecule has 1 heterocycles. The molecule has 1 aromatic carbocycles. The summed E-state index contributed by atoms with van der Waals surface area (Å²) in [6.45, 7) is 2.12. The van der Waals surface area contributed by atoms with E-state index >= 15 is 0 Å². The zero-order valence-corrected chi connectivity index (χ0v) is 13.6. The Morgan fingerprint density at radius 3 is 2.62 bits per heavy atom. The van der Waals surface area contributed by atoms with E-state index in [9.17, 15) is 4.79 Å². The smallest absolute Gasteiger partial charge is 0.245 e. The predicted octanol–water partition coefficient (Wildman–Crippen LogP) is 3.18. The van der Waals surface area contributed by atoms with Gasteiger partial charge in [0.25, 0.3) is 0 Å². The highest BCUT2D eigenvalue weighted by Gasteiger charge is 2.43. The standard InChI is InChI=1S/C17H24N2OS/c1-12-18-16(13-8-4-3-5-9-13)17(20)19(12)14-10-6-7-11-15(14)21-2/h3-5,8-9,12,14-16,18H,6-7,10-11H2,1-2H3. The van der Waals surface area contributed by atoms with Gasteiger partial charge in [0.15, 0.2) is 0 Å². The molecule has 1 aliphatic carbocycles. The molecule has 2 aliphatic rings. The molecule has 4 heteroatoms. The van der Waals surface area contributed by atoms with E-state index < -0.39 is 0 Å². The molecule has 1 saturated heterocycles. The third-order valence-corrected chi connectivity index (χ3v) is 5.94. The minimum atomic E-state index is -0.175. The fraction of sp³-hybridized carbons (Fsp3) is 0.588. The Bertz CT molecular complexity index is 493. The van der Waals surface area contributed by atoms with Crippen LogP contribution in [0.4, 0.5) is 0 Å². The van der Waals surface area contributed by atoms with Gasteiger partial charge in [-0.1, -0.05) is 43.2 Å². The van der Waals surface area contributed by atoms with Gasteiger partial charge in [-0.3, -0.25) is 10.1 Å². The van der Waals surface area contributed by atoms with E-state index in [1.807, 2.05) is 42.1 Å². The zero-order valence-electron chi connectivity index (χ0n) is 12.8. The number of carbonyl (C=O) groups is 1. The number of amides is 1. The molecule has 3 rings (SSSR count). The topological polar surface area (TPSA) is 32.3 Å². The van der Waals surface area contributed by atoms with Gasteiger partial charge in [0, 0.05) is 11.3 Å². The molecule has 4 atom stereocenters. The lowest BCUT2D eigenvalue weighted by Gasteiger charge is -2.39. The van der Waals surface area contributed by atoms with E-state index in [1.54, 1.807) is 0 Å². The fourth-order valence-electron chi connectivity index (χ4n) is 3.74. The van der Waals surface area contributed by atoms with Crippen molar-refractivity contribution >= 4 is 17.7 Å². The minimum absolute atomic E-state index is 0.125. The molecular formula is C17H24N2OS. The van der Waals surface area contributed by atoms with E-state index in [0.29, 0.717) is 11.3 Å². The van der Waals surface area contributed by atoms with Crippen molar-refractivity contribution in [3.05, 3.63) is 35.9 Å². The van der Waals surface area contributed by atoms with Crippen LogP contribution >= 0.6 is 11.8 Å². The number of hydrogen-bond acceptors (Lipinski definition) is 3. The Hall–Kier alpha value is -1.00. The predicted molar refractivity (Wildman–Crippen MR) is 88.2 cm³/mol. The molecule has 3 nitrogen and oxygen atoms in total. The zero-order chi connectivity index (χ0) is 14.8. The Morgan fingerprint density at radius 2 is 1.90 bits per heavy atom. The maximum absolute atomic E-state index is 12.9. The molecule has 1 aromatic rings. The third kappa shape index (κ3) is 2.84. The second-order valence-electron chi connectivity index (χ2n) is 6.06. The Labute approximate surface area is 131 Å². The lowest BCUT2D eigenvalue weighted by atomic mass is 9.93. The summed E-state index contributed by atoms with van der Waals surface area (Å²) in [7, 11) is 0. The number of benzene rings is 1. The first-order chi connectivity index (χ1) is 10.2. The van der Waals surface area contributed by atoms with Crippen LogP contribution in [0.3, 0.4) is 0 Å². The van der Waals surface area contributed by atoms with Crippen molar-refractivity contribution in [2.45, 2.75) is 56.1 Å². The Kier molecular flexibility index (Phi) is 4.55.